The lowest BCUT2D eigenvalue weighted by Gasteiger charge is -2.13. The Kier molecular flexibility index (Phi) is 2.92. The van der Waals surface area contributed by atoms with E-state index in [0.29, 0.717) is 0 Å². The van der Waals surface area contributed by atoms with Gasteiger partial charge in [-0.3, -0.25) is 0 Å². The smallest absolute Gasteiger partial charge is 0.0683 e. The summed E-state index contributed by atoms with van der Waals surface area (Å²) < 4.78 is 2.08. The van der Waals surface area contributed by atoms with Crippen molar-refractivity contribution in [1.82, 2.24) is 15.1 Å². The number of aromatic nitrogens is 2. The van der Waals surface area contributed by atoms with E-state index in [1.165, 1.54) is 22.5 Å². The molecule has 0 bridgehead atoms. The molecule has 94 valence electrons. The minimum atomic E-state index is 1.06. The lowest BCUT2D eigenvalue weighted by molar-refractivity contribution is 0.709. The number of nitrogens with one attached hydrogen (secondary N) is 1. The molecule has 0 atom stereocenters. The van der Waals surface area contributed by atoms with Crippen molar-refractivity contribution in [3.8, 4) is 5.69 Å². The average molecular weight is 241 g/mol. The van der Waals surface area contributed by atoms with E-state index < -0.39 is 0 Å². The van der Waals surface area contributed by atoms with Gasteiger partial charge in [0.25, 0.3) is 0 Å². The summed E-state index contributed by atoms with van der Waals surface area (Å²) in [5.74, 6) is 0. The predicted molar refractivity (Wildman–Crippen MR) is 73.3 cm³/mol. The molecule has 1 aliphatic rings. The summed E-state index contributed by atoms with van der Waals surface area (Å²) >= 11 is 0. The highest BCUT2D eigenvalue weighted by Crippen LogP contribution is 2.22. The van der Waals surface area contributed by atoms with Crippen LogP contribution in [0.4, 0.5) is 0 Å². The molecule has 3 nitrogen and oxygen atoms in total. The molecule has 2 aromatic rings. The van der Waals surface area contributed by atoms with Gasteiger partial charge in [0.2, 0.25) is 0 Å². The molecule has 2 heterocycles. The summed E-state index contributed by atoms with van der Waals surface area (Å²) in [5.41, 5.74) is 6.45. The molecule has 1 aromatic heterocycles. The Morgan fingerprint density at radius 2 is 2.00 bits per heavy atom. The van der Waals surface area contributed by atoms with Crippen molar-refractivity contribution in [3.63, 3.8) is 0 Å². The van der Waals surface area contributed by atoms with Gasteiger partial charge >= 0.3 is 0 Å². The highest BCUT2D eigenvalue weighted by molar-refractivity contribution is 5.47. The Balaban J connectivity index is 2.15. The average Bonchev–Trinajstić information content (AvgIpc) is 2.58. The molecule has 3 rings (SSSR count). The second-order valence-corrected chi connectivity index (χ2v) is 5.00. The van der Waals surface area contributed by atoms with Gasteiger partial charge in [-0.2, -0.15) is 5.10 Å². The van der Waals surface area contributed by atoms with Gasteiger partial charge in [-0.1, -0.05) is 12.1 Å². The maximum atomic E-state index is 4.62. The van der Waals surface area contributed by atoms with Crippen LogP contribution in [0.15, 0.2) is 24.3 Å². The Morgan fingerprint density at radius 3 is 2.78 bits per heavy atom. The van der Waals surface area contributed by atoms with Crippen LogP contribution in [0.2, 0.25) is 0 Å². The van der Waals surface area contributed by atoms with Gasteiger partial charge in [-0.15, -0.1) is 0 Å². The molecule has 1 N–H and O–H groups in total. The Hall–Kier alpha value is -1.61. The van der Waals surface area contributed by atoms with Crippen molar-refractivity contribution in [2.24, 2.45) is 0 Å². The lowest BCUT2D eigenvalue weighted by atomic mass is 10.0. The van der Waals surface area contributed by atoms with Crippen molar-refractivity contribution in [1.29, 1.82) is 0 Å². The molecule has 18 heavy (non-hydrogen) atoms. The number of rotatable bonds is 1. The molecule has 0 saturated carbocycles. The van der Waals surface area contributed by atoms with Gasteiger partial charge in [-0.25, -0.2) is 4.68 Å². The highest BCUT2D eigenvalue weighted by atomic mass is 15.3. The maximum Gasteiger partial charge on any atom is 0.0683 e. The summed E-state index contributed by atoms with van der Waals surface area (Å²) in [6, 6.07) is 8.71. The Morgan fingerprint density at radius 1 is 1.17 bits per heavy atom. The first kappa shape index (κ1) is 11.5. The van der Waals surface area contributed by atoms with Gasteiger partial charge in [0.05, 0.1) is 11.4 Å². The molecule has 1 aliphatic heterocycles. The quantitative estimate of drug-likeness (QED) is 0.829. The topological polar surface area (TPSA) is 29.9 Å². The zero-order chi connectivity index (χ0) is 12.5. The molecule has 3 heteroatoms. The van der Waals surface area contributed by atoms with E-state index in [4.69, 9.17) is 0 Å². The molecule has 0 aliphatic carbocycles. The molecule has 0 spiro atoms. The minimum Gasteiger partial charge on any atom is -0.316 e. The summed E-state index contributed by atoms with van der Waals surface area (Å²) in [4.78, 5) is 0. The second kappa shape index (κ2) is 4.58. The molecule has 0 amide bonds. The predicted octanol–water partition coefficient (Wildman–Crippen LogP) is 2.18. The van der Waals surface area contributed by atoms with Crippen molar-refractivity contribution >= 4 is 0 Å². The zero-order valence-electron chi connectivity index (χ0n) is 11.0. The zero-order valence-corrected chi connectivity index (χ0v) is 11.0. The molecule has 0 fully saturated rings. The number of nitrogens with zero attached hydrogens (tertiary/aromatic N) is 2. The third kappa shape index (κ3) is 1.95. The largest absolute Gasteiger partial charge is 0.316 e. The fraction of sp³-hybridized carbons (Fsp3) is 0.400. The molecular weight excluding hydrogens is 222 g/mol. The van der Waals surface area contributed by atoms with Crippen molar-refractivity contribution < 1.29 is 0 Å². The number of benzene rings is 1. The van der Waals surface area contributed by atoms with E-state index in [2.05, 4.69) is 46.3 Å². The van der Waals surface area contributed by atoms with E-state index in [-0.39, 0.29) is 0 Å². The van der Waals surface area contributed by atoms with Crippen LogP contribution in [0.1, 0.15) is 22.5 Å². The third-order valence-electron chi connectivity index (χ3n) is 3.61. The van der Waals surface area contributed by atoms with Crippen molar-refractivity contribution in [2.45, 2.75) is 26.7 Å². The van der Waals surface area contributed by atoms with E-state index >= 15 is 0 Å². The van der Waals surface area contributed by atoms with E-state index in [1.54, 1.807) is 0 Å². The number of hydrogen-bond donors (Lipinski definition) is 1. The second-order valence-electron chi connectivity index (χ2n) is 5.00. The molecule has 1 aromatic carbocycles. The van der Waals surface area contributed by atoms with Crippen molar-refractivity contribution in [3.05, 3.63) is 46.8 Å². The van der Waals surface area contributed by atoms with Crippen LogP contribution in [0, 0.1) is 13.8 Å². The summed E-state index contributed by atoms with van der Waals surface area (Å²) in [5, 5.41) is 8.08. The van der Waals surface area contributed by atoms with Gasteiger partial charge < -0.3 is 5.32 Å². The Labute approximate surface area is 108 Å². The van der Waals surface area contributed by atoms with Crippen LogP contribution in [0.3, 0.4) is 0 Å². The fourth-order valence-electron chi connectivity index (χ4n) is 2.78. The first-order valence-corrected chi connectivity index (χ1v) is 6.61. The highest BCUT2D eigenvalue weighted by Gasteiger charge is 2.14. The van der Waals surface area contributed by atoms with Crippen LogP contribution in [0.25, 0.3) is 5.69 Å². The van der Waals surface area contributed by atoms with Crippen LogP contribution in [-0.2, 0) is 12.8 Å². The Bertz CT molecular complexity index is 569. The van der Waals surface area contributed by atoms with E-state index in [1.807, 2.05) is 6.92 Å². The van der Waals surface area contributed by atoms with Crippen LogP contribution in [0.5, 0.6) is 0 Å². The van der Waals surface area contributed by atoms with E-state index in [0.717, 1.165) is 31.6 Å². The molecule has 0 unspecified atom stereocenters. The fourth-order valence-corrected chi connectivity index (χ4v) is 2.78. The minimum absolute atomic E-state index is 1.06. The van der Waals surface area contributed by atoms with Crippen LogP contribution >= 0.6 is 0 Å². The lowest BCUT2D eigenvalue weighted by Crippen LogP contribution is -2.16. The monoisotopic (exact) mass is 241 g/mol. The first-order chi connectivity index (χ1) is 8.75. The summed E-state index contributed by atoms with van der Waals surface area (Å²) in [6.45, 7) is 6.30. The van der Waals surface area contributed by atoms with Crippen LogP contribution < -0.4 is 5.32 Å². The van der Waals surface area contributed by atoms with Gasteiger partial charge in [0.15, 0.2) is 0 Å². The number of fused-ring (bicyclic) bond motifs is 1. The normalized spacial score (nSPS) is 15.2. The molecule has 0 radical (unpaired) electrons. The number of hydrogen-bond acceptors (Lipinski definition) is 2. The molecular formula is C15H19N3. The van der Waals surface area contributed by atoms with Crippen molar-refractivity contribution in [2.75, 3.05) is 13.1 Å². The van der Waals surface area contributed by atoms with Crippen LogP contribution in [-0.4, -0.2) is 22.9 Å². The third-order valence-corrected chi connectivity index (χ3v) is 3.61. The van der Waals surface area contributed by atoms with Gasteiger partial charge in [-0.05, 0) is 63.0 Å². The number of aryl methyl sites for hydroxylation is 2. The van der Waals surface area contributed by atoms with Gasteiger partial charge in [0, 0.05) is 5.69 Å². The van der Waals surface area contributed by atoms with Gasteiger partial charge in [0.1, 0.15) is 0 Å². The standard InChI is InChI=1S/C15H19N3/c1-11-10-12(2)18(17-11)15-5-3-4-13-6-8-16-9-7-14(13)15/h3-5,10,16H,6-9H2,1-2H3. The van der Waals surface area contributed by atoms with E-state index in [9.17, 15) is 0 Å². The SMILES string of the molecule is Cc1cc(C)n(-c2cccc3c2CCNCC3)n1. The first-order valence-electron chi connectivity index (χ1n) is 6.61. The summed E-state index contributed by atoms with van der Waals surface area (Å²) in [7, 11) is 0. The maximum absolute atomic E-state index is 4.62. The molecule has 0 saturated heterocycles. The summed E-state index contributed by atoms with van der Waals surface area (Å²) in [6.07, 6.45) is 2.20.